The Balaban J connectivity index is 2.09. The van der Waals surface area contributed by atoms with Crippen LogP contribution < -0.4 is 14.2 Å². The zero-order valence-electron chi connectivity index (χ0n) is 14.4. The summed E-state index contributed by atoms with van der Waals surface area (Å²) in [6, 6.07) is 11.3. The number of hydrogen-bond acceptors (Lipinski definition) is 6. The van der Waals surface area contributed by atoms with Gasteiger partial charge < -0.3 is 14.2 Å². The van der Waals surface area contributed by atoms with Crippen molar-refractivity contribution >= 4 is 44.8 Å². The summed E-state index contributed by atoms with van der Waals surface area (Å²) in [7, 11) is 4.64. The maximum absolute atomic E-state index is 9.61. The molecular formula is C19H15ClN2O3S. The lowest BCUT2D eigenvalue weighted by Crippen LogP contribution is -1.95. The number of allylic oxidation sites excluding steroid dienone is 1. The highest BCUT2D eigenvalue weighted by Gasteiger charge is 2.14. The molecular weight excluding hydrogens is 372 g/mol. The summed E-state index contributed by atoms with van der Waals surface area (Å²) in [6.07, 6.45) is 1.74. The molecule has 3 aromatic rings. The normalized spacial score (nSPS) is 11.3. The van der Waals surface area contributed by atoms with Crippen molar-refractivity contribution in [1.82, 2.24) is 4.98 Å². The molecule has 0 radical (unpaired) electrons. The van der Waals surface area contributed by atoms with Crippen molar-refractivity contribution in [1.29, 1.82) is 5.26 Å². The molecule has 0 spiro atoms. The number of thiazole rings is 1. The molecule has 0 aliphatic rings. The summed E-state index contributed by atoms with van der Waals surface area (Å²) in [6.45, 7) is 0. The van der Waals surface area contributed by atoms with E-state index in [1.807, 2.05) is 6.07 Å². The number of ether oxygens (including phenoxy) is 3. The first-order valence-corrected chi connectivity index (χ1v) is 8.77. The van der Waals surface area contributed by atoms with Crippen molar-refractivity contribution in [2.45, 2.75) is 0 Å². The van der Waals surface area contributed by atoms with Gasteiger partial charge >= 0.3 is 0 Å². The molecule has 0 unspecified atom stereocenters. The molecule has 0 aliphatic heterocycles. The molecule has 1 aromatic heterocycles. The van der Waals surface area contributed by atoms with Crippen molar-refractivity contribution in [3.8, 4) is 23.3 Å². The van der Waals surface area contributed by atoms with Crippen LogP contribution in [0.3, 0.4) is 0 Å². The van der Waals surface area contributed by atoms with Gasteiger partial charge in [-0.3, -0.25) is 0 Å². The molecule has 0 N–H and O–H groups in total. The van der Waals surface area contributed by atoms with Gasteiger partial charge in [-0.15, -0.1) is 11.3 Å². The molecule has 0 fully saturated rings. The molecule has 0 amide bonds. The van der Waals surface area contributed by atoms with E-state index >= 15 is 0 Å². The number of nitrogens with zero attached hydrogens (tertiary/aromatic N) is 2. The zero-order valence-corrected chi connectivity index (χ0v) is 15.9. The number of halogens is 1. The molecule has 0 bridgehead atoms. The lowest BCUT2D eigenvalue weighted by molar-refractivity contribution is 0.324. The van der Waals surface area contributed by atoms with E-state index in [1.165, 1.54) is 11.3 Å². The molecule has 7 heteroatoms. The van der Waals surface area contributed by atoms with Crippen molar-refractivity contribution < 1.29 is 14.2 Å². The Labute approximate surface area is 160 Å². The maximum atomic E-state index is 9.61. The van der Waals surface area contributed by atoms with Crippen LogP contribution >= 0.6 is 22.9 Å². The van der Waals surface area contributed by atoms with Gasteiger partial charge in [-0.2, -0.15) is 5.26 Å². The van der Waals surface area contributed by atoms with Crippen LogP contribution in [-0.4, -0.2) is 26.3 Å². The average molecular weight is 387 g/mol. The predicted octanol–water partition coefficient (Wildman–Crippen LogP) is 5.04. The molecule has 2 aromatic carbocycles. The highest BCUT2D eigenvalue weighted by Crippen LogP contribution is 2.39. The second-order valence-electron chi connectivity index (χ2n) is 5.26. The first-order valence-electron chi connectivity index (χ1n) is 7.58. The van der Waals surface area contributed by atoms with Gasteiger partial charge in [0.05, 0.1) is 37.1 Å². The van der Waals surface area contributed by atoms with Gasteiger partial charge in [0.25, 0.3) is 0 Å². The first-order chi connectivity index (χ1) is 12.6. The lowest BCUT2D eigenvalue weighted by Gasteiger charge is -2.12. The van der Waals surface area contributed by atoms with Gasteiger partial charge in [-0.05, 0) is 42.0 Å². The molecule has 3 rings (SSSR count). The topological polar surface area (TPSA) is 64.4 Å². The molecule has 0 aliphatic carbocycles. The zero-order chi connectivity index (χ0) is 18.7. The Hall–Kier alpha value is -2.75. The molecule has 5 nitrogen and oxygen atoms in total. The largest absolute Gasteiger partial charge is 0.493 e. The Bertz CT molecular complexity index is 1010. The molecule has 0 saturated carbocycles. The van der Waals surface area contributed by atoms with Crippen LogP contribution in [0, 0.1) is 11.3 Å². The van der Waals surface area contributed by atoms with Crippen molar-refractivity contribution in [3.05, 3.63) is 45.9 Å². The Kier molecular flexibility index (Phi) is 5.31. The summed E-state index contributed by atoms with van der Waals surface area (Å²) in [5.74, 6) is 1.54. The van der Waals surface area contributed by atoms with E-state index in [0.717, 1.165) is 15.8 Å². The van der Waals surface area contributed by atoms with Crippen LogP contribution in [0.15, 0.2) is 30.3 Å². The number of nitriles is 1. The van der Waals surface area contributed by atoms with Crippen molar-refractivity contribution in [2.75, 3.05) is 21.3 Å². The summed E-state index contributed by atoms with van der Waals surface area (Å²) in [4.78, 5) is 4.52. The third-order valence-electron chi connectivity index (χ3n) is 3.70. The lowest BCUT2D eigenvalue weighted by atomic mass is 10.1. The van der Waals surface area contributed by atoms with Crippen molar-refractivity contribution in [2.24, 2.45) is 0 Å². The van der Waals surface area contributed by atoms with Gasteiger partial charge in [0, 0.05) is 5.02 Å². The van der Waals surface area contributed by atoms with E-state index in [1.54, 1.807) is 51.7 Å². The van der Waals surface area contributed by atoms with Crippen LogP contribution in [0.4, 0.5) is 0 Å². The molecule has 132 valence electrons. The summed E-state index contributed by atoms with van der Waals surface area (Å²) < 4.78 is 17.0. The second-order valence-corrected chi connectivity index (χ2v) is 6.73. The molecule has 1 heterocycles. The fraction of sp³-hybridized carbons (Fsp3) is 0.158. The van der Waals surface area contributed by atoms with E-state index in [-0.39, 0.29) is 0 Å². The summed E-state index contributed by atoms with van der Waals surface area (Å²) in [5, 5.41) is 10.8. The van der Waals surface area contributed by atoms with Crippen LogP contribution in [-0.2, 0) is 0 Å². The van der Waals surface area contributed by atoms with E-state index in [0.29, 0.717) is 32.9 Å². The molecule has 0 atom stereocenters. The van der Waals surface area contributed by atoms with E-state index in [4.69, 9.17) is 25.8 Å². The summed E-state index contributed by atoms with van der Waals surface area (Å²) in [5.41, 5.74) is 1.95. The number of hydrogen-bond donors (Lipinski definition) is 0. The number of rotatable bonds is 5. The van der Waals surface area contributed by atoms with Gasteiger partial charge in [-0.1, -0.05) is 11.6 Å². The number of methoxy groups -OCH3 is 3. The maximum Gasteiger partial charge on any atom is 0.203 e. The third-order valence-corrected chi connectivity index (χ3v) is 5.00. The number of aromatic nitrogens is 1. The van der Waals surface area contributed by atoms with Gasteiger partial charge in [0.15, 0.2) is 11.5 Å². The number of fused-ring (bicyclic) bond motifs is 1. The van der Waals surface area contributed by atoms with E-state index < -0.39 is 0 Å². The Morgan fingerprint density at radius 3 is 2.38 bits per heavy atom. The smallest absolute Gasteiger partial charge is 0.203 e. The minimum absolute atomic E-state index is 0.441. The minimum Gasteiger partial charge on any atom is -0.493 e. The average Bonchev–Trinajstić information content (AvgIpc) is 3.07. The van der Waals surface area contributed by atoms with Crippen LogP contribution in [0.2, 0.25) is 5.02 Å². The third kappa shape index (κ3) is 3.45. The van der Waals surface area contributed by atoms with Gasteiger partial charge in [-0.25, -0.2) is 4.98 Å². The second kappa shape index (κ2) is 7.65. The quantitative estimate of drug-likeness (QED) is 0.575. The fourth-order valence-electron chi connectivity index (χ4n) is 2.51. The SMILES string of the molecule is COc1cc(/C=C(\C#N)c2nc3cc(Cl)ccc3s2)cc(OC)c1OC. The Morgan fingerprint density at radius 2 is 1.81 bits per heavy atom. The predicted molar refractivity (Wildman–Crippen MR) is 104 cm³/mol. The van der Waals surface area contributed by atoms with E-state index in [2.05, 4.69) is 11.1 Å². The van der Waals surface area contributed by atoms with Crippen LogP contribution in [0.25, 0.3) is 21.9 Å². The van der Waals surface area contributed by atoms with Crippen LogP contribution in [0.1, 0.15) is 10.6 Å². The Morgan fingerprint density at radius 1 is 1.12 bits per heavy atom. The van der Waals surface area contributed by atoms with E-state index in [9.17, 15) is 5.26 Å². The minimum atomic E-state index is 0.441. The standard InChI is InChI=1S/C19H15ClN2O3S/c1-23-15-7-11(8-16(24-2)18(15)25-3)6-12(10-21)19-22-14-9-13(20)4-5-17(14)26-19/h4-9H,1-3H3/b12-6+. The highest BCUT2D eigenvalue weighted by atomic mass is 35.5. The number of benzene rings is 2. The highest BCUT2D eigenvalue weighted by molar-refractivity contribution is 7.19. The van der Waals surface area contributed by atoms with Gasteiger partial charge in [0.2, 0.25) is 5.75 Å². The fourth-order valence-corrected chi connectivity index (χ4v) is 3.59. The molecule has 26 heavy (non-hydrogen) atoms. The van der Waals surface area contributed by atoms with Crippen LogP contribution in [0.5, 0.6) is 17.2 Å². The van der Waals surface area contributed by atoms with Gasteiger partial charge in [0.1, 0.15) is 11.1 Å². The van der Waals surface area contributed by atoms with Crippen molar-refractivity contribution in [3.63, 3.8) is 0 Å². The monoisotopic (exact) mass is 386 g/mol. The summed E-state index contributed by atoms with van der Waals surface area (Å²) >= 11 is 7.45. The first kappa shape index (κ1) is 18.1. The molecule has 0 saturated heterocycles.